The normalized spacial score (nSPS) is 12.5. The van der Waals surface area contributed by atoms with E-state index in [1.165, 1.54) is 22.3 Å². The molecule has 0 bridgehead atoms. The smallest absolute Gasteiger partial charge is 0.119 e. The predicted molar refractivity (Wildman–Crippen MR) is 93.5 cm³/mol. The Morgan fingerprint density at radius 2 is 1.67 bits per heavy atom. The molecule has 0 amide bonds. The number of halogens is 1. The maximum atomic E-state index is 5.69. The number of benzene rings is 2. The lowest BCUT2D eigenvalue weighted by Crippen LogP contribution is -2.05. The molecule has 0 aromatic heterocycles. The molecule has 2 aromatic rings. The molecule has 0 aliphatic rings. The average Bonchev–Trinajstić information content (AvgIpc) is 2.43. The predicted octanol–water partition coefficient (Wildman–Crippen LogP) is 5.77. The molecule has 112 valence electrons. The second-order valence-electron chi connectivity index (χ2n) is 5.84. The zero-order valence-electron chi connectivity index (χ0n) is 13.2. The second kappa shape index (κ2) is 7.13. The maximum absolute atomic E-state index is 5.69. The molecule has 0 saturated carbocycles. The van der Waals surface area contributed by atoms with Gasteiger partial charge in [-0.2, -0.15) is 0 Å². The Hall–Kier alpha value is -1.28. The lowest BCUT2D eigenvalue weighted by Gasteiger charge is -2.15. The van der Waals surface area contributed by atoms with E-state index in [2.05, 4.69) is 60.1 Å². The number of hydrogen-bond donors (Lipinski definition) is 0. The summed E-state index contributed by atoms with van der Waals surface area (Å²) >= 11 is 3.82. The molecule has 21 heavy (non-hydrogen) atoms. The number of aryl methyl sites for hydroxylation is 2. The summed E-state index contributed by atoms with van der Waals surface area (Å²) in [6.45, 7) is 8.40. The van der Waals surface area contributed by atoms with E-state index in [1.807, 2.05) is 26.0 Å². The first-order chi connectivity index (χ1) is 9.95. The Balaban J connectivity index is 2.09. The van der Waals surface area contributed by atoms with E-state index < -0.39 is 0 Å². The molecule has 0 N–H and O–H groups in total. The van der Waals surface area contributed by atoms with Gasteiger partial charge in [-0.05, 0) is 62.9 Å². The Bertz CT molecular complexity index is 587. The molecule has 1 atom stereocenters. The molecule has 2 heteroatoms. The third kappa shape index (κ3) is 4.60. The van der Waals surface area contributed by atoms with Crippen LogP contribution in [0.5, 0.6) is 5.75 Å². The summed E-state index contributed by atoms with van der Waals surface area (Å²) in [5.74, 6) is 0.931. The summed E-state index contributed by atoms with van der Waals surface area (Å²) in [4.78, 5) is 0.325. The van der Waals surface area contributed by atoms with Crippen molar-refractivity contribution in [1.82, 2.24) is 0 Å². The lowest BCUT2D eigenvalue weighted by atomic mass is 9.98. The van der Waals surface area contributed by atoms with Crippen molar-refractivity contribution in [3.05, 3.63) is 64.7 Å². The van der Waals surface area contributed by atoms with Crippen LogP contribution in [-0.2, 0) is 6.42 Å². The van der Waals surface area contributed by atoms with Crippen molar-refractivity contribution in [3.8, 4) is 5.75 Å². The minimum absolute atomic E-state index is 0.213. The Labute approximate surface area is 136 Å². The maximum Gasteiger partial charge on any atom is 0.119 e. The molecule has 0 aliphatic carbocycles. The molecule has 0 saturated heterocycles. The van der Waals surface area contributed by atoms with Gasteiger partial charge in [-0.1, -0.05) is 51.8 Å². The van der Waals surface area contributed by atoms with Gasteiger partial charge in [0, 0.05) is 4.83 Å². The average molecular weight is 347 g/mol. The molecule has 2 rings (SSSR count). The minimum Gasteiger partial charge on any atom is -0.491 e. The molecular formula is C19H23BrO. The van der Waals surface area contributed by atoms with Crippen LogP contribution in [0.15, 0.2) is 42.5 Å². The van der Waals surface area contributed by atoms with Gasteiger partial charge in [0.2, 0.25) is 0 Å². The Kier molecular flexibility index (Phi) is 5.46. The summed E-state index contributed by atoms with van der Waals surface area (Å²) in [5.41, 5.74) is 5.35. The van der Waals surface area contributed by atoms with E-state index in [0.717, 1.165) is 12.2 Å². The third-order valence-electron chi connectivity index (χ3n) is 3.52. The van der Waals surface area contributed by atoms with E-state index >= 15 is 0 Å². The van der Waals surface area contributed by atoms with Crippen molar-refractivity contribution in [1.29, 1.82) is 0 Å². The van der Waals surface area contributed by atoms with Crippen LogP contribution in [0.25, 0.3) is 0 Å². The van der Waals surface area contributed by atoms with Crippen molar-refractivity contribution in [3.63, 3.8) is 0 Å². The van der Waals surface area contributed by atoms with Gasteiger partial charge in [0.15, 0.2) is 0 Å². The third-order valence-corrected chi connectivity index (χ3v) is 4.37. The Morgan fingerprint density at radius 1 is 1.00 bits per heavy atom. The molecule has 1 nitrogen and oxygen atoms in total. The molecule has 1 unspecified atom stereocenters. The molecule has 0 aliphatic heterocycles. The van der Waals surface area contributed by atoms with E-state index in [9.17, 15) is 0 Å². The number of rotatable bonds is 5. The zero-order chi connectivity index (χ0) is 15.4. The summed E-state index contributed by atoms with van der Waals surface area (Å²) in [7, 11) is 0. The van der Waals surface area contributed by atoms with Gasteiger partial charge < -0.3 is 4.74 Å². The van der Waals surface area contributed by atoms with Crippen LogP contribution in [-0.4, -0.2) is 6.10 Å². The molecule has 0 heterocycles. The molecule has 2 aromatic carbocycles. The summed E-state index contributed by atoms with van der Waals surface area (Å²) in [6, 6.07) is 15.0. The standard InChI is InChI=1S/C19H23BrO/c1-13(2)21-18-9-7-16(8-10-18)19(20)12-17-11-14(3)5-6-15(17)4/h5-11,13,19H,12H2,1-4H3. The summed E-state index contributed by atoms with van der Waals surface area (Å²) in [5, 5.41) is 0. The first-order valence-corrected chi connectivity index (χ1v) is 8.34. The number of ether oxygens (including phenoxy) is 1. The van der Waals surface area contributed by atoms with Crippen molar-refractivity contribution >= 4 is 15.9 Å². The SMILES string of the molecule is Cc1ccc(C)c(CC(Br)c2ccc(OC(C)C)cc2)c1. The van der Waals surface area contributed by atoms with Crippen molar-refractivity contribution in [2.45, 2.75) is 45.0 Å². The van der Waals surface area contributed by atoms with Crippen LogP contribution in [0.2, 0.25) is 0 Å². The fraction of sp³-hybridized carbons (Fsp3) is 0.368. The first kappa shape index (κ1) is 16.1. The highest BCUT2D eigenvalue weighted by Crippen LogP contribution is 2.30. The van der Waals surface area contributed by atoms with Gasteiger partial charge in [0.05, 0.1) is 6.10 Å². The van der Waals surface area contributed by atoms with Gasteiger partial charge >= 0.3 is 0 Å². The van der Waals surface area contributed by atoms with Crippen LogP contribution < -0.4 is 4.74 Å². The monoisotopic (exact) mass is 346 g/mol. The van der Waals surface area contributed by atoms with E-state index in [4.69, 9.17) is 4.74 Å². The molecular weight excluding hydrogens is 324 g/mol. The van der Waals surface area contributed by atoms with Crippen LogP contribution in [0.4, 0.5) is 0 Å². The number of alkyl halides is 1. The van der Waals surface area contributed by atoms with Crippen molar-refractivity contribution < 1.29 is 4.74 Å². The van der Waals surface area contributed by atoms with Crippen molar-refractivity contribution in [2.75, 3.05) is 0 Å². The lowest BCUT2D eigenvalue weighted by molar-refractivity contribution is 0.242. The first-order valence-electron chi connectivity index (χ1n) is 7.42. The molecule has 0 radical (unpaired) electrons. The van der Waals surface area contributed by atoms with Crippen LogP contribution in [0.3, 0.4) is 0 Å². The largest absolute Gasteiger partial charge is 0.491 e. The topological polar surface area (TPSA) is 9.23 Å². The summed E-state index contributed by atoms with van der Waals surface area (Å²) in [6.07, 6.45) is 1.21. The van der Waals surface area contributed by atoms with Crippen LogP contribution in [0, 0.1) is 13.8 Å². The van der Waals surface area contributed by atoms with E-state index in [1.54, 1.807) is 0 Å². The van der Waals surface area contributed by atoms with Crippen LogP contribution in [0.1, 0.15) is 40.9 Å². The fourth-order valence-electron chi connectivity index (χ4n) is 2.36. The Morgan fingerprint density at radius 3 is 2.29 bits per heavy atom. The number of hydrogen-bond acceptors (Lipinski definition) is 1. The fourth-order valence-corrected chi connectivity index (χ4v) is 3.01. The highest BCUT2D eigenvalue weighted by atomic mass is 79.9. The highest BCUT2D eigenvalue weighted by molar-refractivity contribution is 9.09. The van der Waals surface area contributed by atoms with Crippen molar-refractivity contribution in [2.24, 2.45) is 0 Å². The quantitative estimate of drug-likeness (QED) is 0.624. The van der Waals surface area contributed by atoms with E-state index in [0.29, 0.717) is 4.83 Å². The summed E-state index contributed by atoms with van der Waals surface area (Å²) < 4.78 is 5.69. The van der Waals surface area contributed by atoms with Gasteiger partial charge in [0.1, 0.15) is 5.75 Å². The van der Waals surface area contributed by atoms with Gasteiger partial charge in [-0.25, -0.2) is 0 Å². The van der Waals surface area contributed by atoms with Gasteiger partial charge in [0.25, 0.3) is 0 Å². The molecule has 0 fully saturated rings. The van der Waals surface area contributed by atoms with E-state index in [-0.39, 0.29) is 6.10 Å². The minimum atomic E-state index is 0.213. The molecule has 0 spiro atoms. The van der Waals surface area contributed by atoms with Gasteiger partial charge in [-0.15, -0.1) is 0 Å². The van der Waals surface area contributed by atoms with Gasteiger partial charge in [-0.3, -0.25) is 0 Å². The highest BCUT2D eigenvalue weighted by Gasteiger charge is 2.11. The van der Waals surface area contributed by atoms with Crippen LogP contribution >= 0.6 is 15.9 Å². The zero-order valence-corrected chi connectivity index (χ0v) is 14.8. The second-order valence-corrected chi connectivity index (χ2v) is 6.94.